The fourth-order valence-corrected chi connectivity index (χ4v) is 4.31. The second-order valence-corrected chi connectivity index (χ2v) is 9.07. The maximum atomic E-state index is 6.12. The van der Waals surface area contributed by atoms with Crippen LogP contribution in [-0.2, 0) is 6.54 Å². The highest BCUT2D eigenvalue weighted by Crippen LogP contribution is 2.28. The molecule has 0 aliphatic carbocycles. The Bertz CT molecular complexity index is 1290. The van der Waals surface area contributed by atoms with Crippen molar-refractivity contribution >= 4 is 22.9 Å². The van der Waals surface area contributed by atoms with Gasteiger partial charge in [0.05, 0.1) is 19.1 Å². The summed E-state index contributed by atoms with van der Waals surface area (Å²) in [5.74, 6) is 1.99. The molecule has 1 fully saturated rings. The van der Waals surface area contributed by atoms with Crippen molar-refractivity contribution < 1.29 is 4.74 Å². The highest BCUT2D eigenvalue weighted by Gasteiger charge is 2.22. The van der Waals surface area contributed by atoms with Gasteiger partial charge in [-0.25, -0.2) is 9.97 Å². The fraction of sp³-hybridized carbons (Fsp3) is 0.400. The molecule has 0 saturated carbocycles. The summed E-state index contributed by atoms with van der Waals surface area (Å²) in [5.41, 5.74) is 10.5. The number of aromatic nitrogens is 6. The Balaban J connectivity index is 1.47. The van der Waals surface area contributed by atoms with E-state index in [2.05, 4.69) is 49.6 Å². The van der Waals surface area contributed by atoms with Crippen molar-refractivity contribution in [1.29, 1.82) is 0 Å². The first-order valence-corrected chi connectivity index (χ1v) is 12.0. The van der Waals surface area contributed by atoms with E-state index in [0.717, 1.165) is 53.9 Å². The summed E-state index contributed by atoms with van der Waals surface area (Å²) in [7, 11) is 1.60. The minimum absolute atomic E-state index is 0.234. The van der Waals surface area contributed by atoms with Crippen molar-refractivity contribution in [3.63, 3.8) is 0 Å². The van der Waals surface area contributed by atoms with Gasteiger partial charge in [-0.05, 0) is 44.4 Å². The van der Waals surface area contributed by atoms with Gasteiger partial charge in [0.2, 0.25) is 11.8 Å². The molecular weight excluding hydrogens is 442 g/mol. The molecule has 5 heterocycles. The molecule has 0 spiro atoms. The number of anilines is 2. The Morgan fingerprint density at radius 3 is 2.66 bits per heavy atom. The van der Waals surface area contributed by atoms with Gasteiger partial charge in [0, 0.05) is 55.7 Å². The van der Waals surface area contributed by atoms with E-state index >= 15 is 0 Å². The van der Waals surface area contributed by atoms with Crippen molar-refractivity contribution in [3.8, 4) is 17.1 Å². The highest BCUT2D eigenvalue weighted by atomic mass is 16.5. The van der Waals surface area contributed by atoms with Crippen LogP contribution in [0.25, 0.3) is 22.4 Å². The van der Waals surface area contributed by atoms with Crippen molar-refractivity contribution in [2.75, 3.05) is 30.4 Å². The van der Waals surface area contributed by atoms with Crippen molar-refractivity contribution in [2.24, 2.45) is 5.73 Å². The molecule has 0 amide bonds. The number of hydrogen-bond acceptors (Lipinski definition) is 9. The van der Waals surface area contributed by atoms with Crippen LogP contribution in [-0.4, -0.2) is 55.7 Å². The molecule has 10 heteroatoms. The molecule has 0 unspecified atom stereocenters. The third-order valence-electron chi connectivity index (χ3n) is 6.34. The second kappa shape index (κ2) is 9.83. The fourth-order valence-electron chi connectivity index (χ4n) is 4.31. The van der Waals surface area contributed by atoms with Crippen LogP contribution in [0.1, 0.15) is 38.3 Å². The highest BCUT2D eigenvalue weighted by molar-refractivity contribution is 5.84. The first-order chi connectivity index (χ1) is 17.0. The number of nitrogens with one attached hydrogen (secondary N) is 1. The van der Waals surface area contributed by atoms with Crippen molar-refractivity contribution in [1.82, 2.24) is 29.5 Å². The monoisotopic (exact) mass is 473 g/mol. The van der Waals surface area contributed by atoms with Crippen molar-refractivity contribution in [3.05, 3.63) is 48.5 Å². The Labute approximate surface area is 204 Å². The largest absolute Gasteiger partial charge is 0.481 e. The molecule has 0 aromatic carbocycles. The predicted molar refractivity (Wildman–Crippen MR) is 136 cm³/mol. The van der Waals surface area contributed by atoms with E-state index < -0.39 is 0 Å². The first-order valence-electron chi connectivity index (χ1n) is 12.0. The Morgan fingerprint density at radius 2 is 1.94 bits per heavy atom. The zero-order valence-electron chi connectivity index (χ0n) is 20.3. The minimum Gasteiger partial charge on any atom is -0.481 e. The van der Waals surface area contributed by atoms with E-state index in [0.29, 0.717) is 24.2 Å². The summed E-state index contributed by atoms with van der Waals surface area (Å²) in [4.78, 5) is 25.6. The molecule has 1 aliphatic rings. The van der Waals surface area contributed by atoms with E-state index in [1.54, 1.807) is 19.5 Å². The van der Waals surface area contributed by atoms with Crippen LogP contribution < -0.4 is 20.7 Å². The lowest BCUT2D eigenvalue weighted by atomic mass is 10.1. The molecular formula is C25H31N9O. The summed E-state index contributed by atoms with van der Waals surface area (Å²) in [6.45, 7) is 6.47. The second-order valence-electron chi connectivity index (χ2n) is 9.07. The summed E-state index contributed by atoms with van der Waals surface area (Å²) >= 11 is 0. The normalized spacial score (nSPS) is 14.6. The molecule has 5 rings (SSSR count). The number of fused-ring (bicyclic) bond motifs is 1. The third kappa shape index (κ3) is 4.74. The van der Waals surface area contributed by atoms with Gasteiger partial charge in [-0.3, -0.25) is 4.98 Å². The standard InChI is InChI=1S/C25H31N9O/c1-16(2)34-15-30-22-23(31-25(32-24(22)34)33-11-8-19(26)9-12-33)29-14-17-5-4-10-27-21(17)18-6-7-20(35-3)28-13-18/h4-7,10,13,15-16,19H,8-9,11-12,14,26H2,1-3H3,(H,29,31,32). The number of rotatable bonds is 7. The SMILES string of the molecule is COc1ccc(-c2ncccc2CNc2nc(N3CCC(N)CC3)nc3c2ncn3C(C)C)cn1. The number of hydrogen-bond donors (Lipinski definition) is 2. The molecule has 182 valence electrons. The summed E-state index contributed by atoms with van der Waals surface area (Å²) < 4.78 is 7.27. The van der Waals surface area contributed by atoms with E-state index in [1.165, 1.54) is 0 Å². The topological polar surface area (TPSA) is 120 Å². The van der Waals surface area contributed by atoms with E-state index in [1.807, 2.05) is 24.5 Å². The van der Waals surface area contributed by atoms with E-state index in [-0.39, 0.29) is 12.1 Å². The van der Waals surface area contributed by atoms with Crippen LogP contribution in [0, 0.1) is 0 Å². The van der Waals surface area contributed by atoms with Crippen molar-refractivity contribution in [2.45, 2.75) is 45.3 Å². The molecule has 10 nitrogen and oxygen atoms in total. The van der Waals surface area contributed by atoms with Crippen LogP contribution in [0.3, 0.4) is 0 Å². The quantitative estimate of drug-likeness (QED) is 0.416. The number of pyridine rings is 2. The first kappa shape index (κ1) is 23.0. The molecule has 0 atom stereocenters. The summed E-state index contributed by atoms with van der Waals surface area (Å²) in [6.07, 6.45) is 7.27. The zero-order valence-corrected chi connectivity index (χ0v) is 20.3. The Kier molecular flexibility index (Phi) is 6.45. The van der Waals surface area contributed by atoms with Crippen LogP contribution in [0.15, 0.2) is 43.0 Å². The van der Waals surface area contributed by atoms with Gasteiger partial charge >= 0.3 is 0 Å². The van der Waals surface area contributed by atoms with Crippen LogP contribution >= 0.6 is 0 Å². The lowest BCUT2D eigenvalue weighted by Crippen LogP contribution is -2.40. The number of methoxy groups -OCH3 is 1. The minimum atomic E-state index is 0.234. The smallest absolute Gasteiger partial charge is 0.229 e. The average Bonchev–Trinajstić information content (AvgIpc) is 3.32. The lowest BCUT2D eigenvalue weighted by Gasteiger charge is -2.30. The predicted octanol–water partition coefficient (Wildman–Crippen LogP) is 3.41. The van der Waals surface area contributed by atoms with Gasteiger partial charge in [0.1, 0.15) is 0 Å². The average molecular weight is 474 g/mol. The Hall–Kier alpha value is -3.79. The van der Waals surface area contributed by atoms with Crippen LogP contribution in [0.5, 0.6) is 5.88 Å². The maximum absolute atomic E-state index is 6.12. The molecule has 4 aromatic rings. The number of imidazole rings is 1. The number of piperidine rings is 1. The number of nitrogens with two attached hydrogens (primary N) is 1. The van der Waals surface area contributed by atoms with E-state index in [4.69, 9.17) is 20.4 Å². The molecule has 4 aromatic heterocycles. The van der Waals surface area contributed by atoms with E-state index in [9.17, 15) is 0 Å². The van der Waals surface area contributed by atoms with Gasteiger partial charge in [0.25, 0.3) is 0 Å². The maximum Gasteiger partial charge on any atom is 0.229 e. The van der Waals surface area contributed by atoms with Gasteiger partial charge in [-0.15, -0.1) is 0 Å². The molecule has 0 bridgehead atoms. The van der Waals surface area contributed by atoms with Gasteiger partial charge in [-0.1, -0.05) is 6.07 Å². The lowest BCUT2D eigenvalue weighted by molar-refractivity contribution is 0.398. The van der Waals surface area contributed by atoms with Gasteiger partial charge in [-0.2, -0.15) is 9.97 Å². The summed E-state index contributed by atoms with van der Waals surface area (Å²) in [6, 6.07) is 8.26. The Morgan fingerprint density at radius 1 is 1.11 bits per heavy atom. The molecule has 1 saturated heterocycles. The van der Waals surface area contributed by atoms with Crippen LogP contribution in [0.4, 0.5) is 11.8 Å². The third-order valence-corrected chi connectivity index (χ3v) is 6.34. The molecule has 0 radical (unpaired) electrons. The molecule has 1 aliphatic heterocycles. The number of nitrogens with zero attached hydrogens (tertiary/aromatic N) is 7. The van der Waals surface area contributed by atoms with Gasteiger partial charge in [0.15, 0.2) is 17.0 Å². The zero-order chi connectivity index (χ0) is 24.4. The summed E-state index contributed by atoms with van der Waals surface area (Å²) in [5, 5.41) is 3.51. The van der Waals surface area contributed by atoms with Crippen LogP contribution in [0.2, 0.25) is 0 Å². The van der Waals surface area contributed by atoms with Gasteiger partial charge < -0.3 is 25.3 Å². The number of ether oxygens (including phenoxy) is 1. The molecule has 3 N–H and O–H groups in total. The molecule has 35 heavy (non-hydrogen) atoms.